The monoisotopic (exact) mass is 372 g/mol. The number of methoxy groups -OCH3 is 1. The van der Waals surface area contributed by atoms with Crippen LogP contribution in [0.15, 0.2) is 12.1 Å². The van der Waals surface area contributed by atoms with Gasteiger partial charge in [0.15, 0.2) is 17.3 Å². The van der Waals surface area contributed by atoms with Crippen molar-refractivity contribution in [2.45, 2.75) is 0 Å². The third-order valence-electron chi connectivity index (χ3n) is 1.66. The van der Waals surface area contributed by atoms with E-state index >= 15 is 0 Å². The Morgan fingerprint density at radius 2 is 2.29 bits per heavy atom. The first kappa shape index (κ1) is 11.9. The van der Waals surface area contributed by atoms with Crippen molar-refractivity contribution in [2.75, 3.05) is 12.4 Å². The summed E-state index contributed by atoms with van der Waals surface area (Å²) >= 11 is 4.88. The lowest BCUT2D eigenvalue weighted by Crippen LogP contribution is -2.03. The van der Waals surface area contributed by atoms with Crippen LogP contribution in [-0.2, 0) is 0 Å². The molecular formula is C9H7BrFIO2. The Morgan fingerprint density at radius 1 is 1.64 bits per heavy atom. The molecule has 1 rings (SSSR count). The molecule has 0 fully saturated rings. The van der Waals surface area contributed by atoms with E-state index < -0.39 is 5.82 Å². The van der Waals surface area contributed by atoms with Gasteiger partial charge >= 0.3 is 0 Å². The fourth-order valence-electron chi connectivity index (χ4n) is 0.951. The van der Waals surface area contributed by atoms with E-state index in [-0.39, 0.29) is 16.9 Å². The van der Waals surface area contributed by atoms with Crippen molar-refractivity contribution in [1.29, 1.82) is 0 Å². The predicted octanol–water partition coefficient (Wildman–Crippen LogP) is 3.02. The molecule has 2 nitrogen and oxygen atoms in total. The quantitative estimate of drug-likeness (QED) is 0.463. The summed E-state index contributed by atoms with van der Waals surface area (Å²) in [5, 5.41) is 0.220. The maximum Gasteiger partial charge on any atom is 0.178 e. The molecule has 0 aliphatic rings. The van der Waals surface area contributed by atoms with Gasteiger partial charge in [-0.1, -0.05) is 15.9 Å². The number of halogens is 3. The zero-order valence-corrected chi connectivity index (χ0v) is 11.1. The molecule has 1 aromatic rings. The third-order valence-corrected chi connectivity index (χ3v) is 2.95. The summed E-state index contributed by atoms with van der Waals surface area (Å²) in [6.45, 7) is 0. The number of ether oxygens (including phenoxy) is 1. The van der Waals surface area contributed by atoms with Gasteiger partial charge < -0.3 is 4.74 Å². The van der Waals surface area contributed by atoms with Gasteiger partial charge in [-0.15, -0.1) is 0 Å². The molecule has 1 aromatic carbocycles. The molecule has 0 N–H and O–H groups in total. The van der Waals surface area contributed by atoms with Gasteiger partial charge in [-0.3, -0.25) is 4.79 Å². The molecule has 0 aromatic heterocycles. The molecule has 0 unspecified atom stereocenters. The molecule has 0 heterocycles. The van der Waals surface area contributed by atoms with Crippen molar-refractivity contribution in [2.24, 2.45) is 0 Å². The molecule has 0 aliphatic heterocycles. The highest BCUT2D eigenvalue weighted by Gasteiger charge is 2.12. The summed E-state index contributed by atoms with van der Waals surface area (Å²) in [6.07, 6.45) is 0. The maximum atomic E-state index is 13.3. The van der Waals surface area contributed by atoms with Gasteiger partial charge in [0.1, 0.15) is 0 Å². The Labute approximate surface area is 103 Å². The van der Waals surface area contributed by atoms with Crippen LogP contribution in [0.3, 0.4) is 0 Å². The van der Waals surface area contributed by atoms with Crippen LogP contribution in [0.2, 0.25) is 0 Å². The van der Waals surface area contributed by atoms with E-state index in [2.05, 4.69) is 15.9 Å². The van der Waals surface area contributed by atoms with Crippen LogP contribution in [0.1, 0.15) is 10.4 Å². The molecule has 0 radical (unpaired) electrons. The number of alkyl halides is 1. The topological polar surface area (TPSA) is 26.3 Å². The van der Waals surface area contributed by atoms with Crippen molar-refractivity contribution in [1.82, 2.24) is 0 Å². The molecule has 0 atom stereocenters. The molecular weight excluding hydrogens is 366 g/mol. The van der Waals surface area contributed by atoms with Gasteiger partial charge in [0.2, 0.25) is 0 Å². The van der Waals surface area contributed by atoms with Gasteiger partial charge in [-0.2, -0.15) is 0 Å². The lowest BCUT2D eigenvalue weighted by Gasteiger charge is -2.05. The third kappa shape index (κ3) is 2.44. The normalized spacial score (nSPS) is 10.0. The highest BCUT2D eigenvalue weighted by Crippen LogP contribution is 2.24. The molecule has 0 saturated heterocycles. The highest BCUT2D eigenvalue weighted by atomic mass is 127. The lowest BCUT2D eigenvalue weighted by molar-refractivity contribution is 0.102. The Morgan fingerprint density at radius 3 is 2.79 bits per heavy atom. The largest absolute Gasteiger partial charge is 0.494 e. The van der Waals surface area contributed by atoms with Gasteiger partial charge in [-0.25, -0.2) is 4.39 Å². The van der Waals surface area contributed by atoms with Gasteiger partial charge in [-0.05, 0) is 34.7 Å². The molecule has 0 saturated carbocycles. The number of hydrogen-bond donors (Lipinski definition) is 0. The second-order valence-electron chi connectivity index (χ2n) is 2.53. The number of carbonyl (C=O) groups excluding carboxylic acids is 1. The summed E-state index contributed by atoms with van der Waals surface area (Å²) in [7, 11) is 1.37. The zero-order chi connectivity index (χ0) is 10.7. The highest BCUT2D eigenvalue weighted by molar-refractivity contribution is 14.1. The predicted molar refractivity (Wildman–Crippen MR) is 63.8 cm³/mol. The minimum absolute atomic E-state index is 0.0961. The molecule has 0 spiro atoms. The van der Waals surface area contributed by atoms with Crippen LogP contribution >= 0.6 is 38.5 Å². The smallest absolute Gasteiger partial charge is 0.178 e. The number of hydrogen-bond acceptors (Lipinski definition) is 2. The number of ketones is 1. The van der Waals surface area contributed by atoms with Crippen LogP contribution < -0.4 is 4.74 Å². The van der Waals surface area contributed by atoms with Crippen molar-refractivity contribution in [3.63, 3.8) is 0 Å². The van der Waals surface area contributed by atoms with Gasteiger partial charge in [0.05, 0.1) is 16.0 Å². The summed E-state index contributed by atoms with van der Waals surface area (Å²) in [6, 6.07) is 2.91. The van der Waals surface area contributed by atoms with Crippen LogP contribution in [0.5, 0.6) is 5.75 Å². The minimum atomic E-state index is -0.431. The van der Waals surface area contributed by atoms with Crippen molar-refractivity contribution >= 4 is 44.3 Å². The van der Waals surface area contributed by atoms with Crippen molar-refractivity contribution in [3.05, 3.63) is 27.1 Å². The van der Waals surface area contributed by atoms with Crippen LogP contribution in [0.25, 0.3) is 0 Å². The second-order valence-corrected chi connectivity index (χ2v) is 4.25. The molecule has 76 valence electrons. The molecule has 0 aliphatic carbocycles. The Balaban J connectivity index is 3.22. The summed E-state index contributed by atoms with van der Waals surface area (Å²) in [5.74, 6) is -0.429. The SMILES string of the molecule is COc1cc(C(=O)CBr)cc(I)c1F. The van der Waals surface area contributed by atoms with E-state index in [1.807, 2.05) is 22.6 Å². The van der Waals surface area contributed by atoms with Crippen LogP contribution in [0, 0.1) is 9.39 Å². The van der Waals surface area contributed by atoms with Crippen LogP contribution in [-0.4, -0.2) is 18.2 Å². The minimum Gasteiger partial charge on any atom is -0.494 e. The fourth-order valence-corrected chi connectivity index (χ4v) is 1.88. The Hall–Kier alpha value is -0.170. The first-order chi connectivity index (χ1) is 6.60. The average molecular weight is 373 g/mol. The molecule has 5 heteroatoms. The standard InChI is InChI=1S/C9H7BrFIO2/c1-14-8-3-5(7(13)4-10)2-6(12)9(8)11/h2-3H,4H2,1H3. The van der Waals surface area contributed by atoms with Gasteiger partial charge in [0.25, 0.3) is 0 Å². The first-order valence-corrected chi connectivity index (χ1v) is 5.92. The van der Waals surface area contributed by atoms with Crippen LogP contribution in [0.4, 0.5) is 4.39 Å². The number of rotatable bonds is 3. The number of Topliss-reactive ketones (excluding diaryl/α,β-unsaturated/α-hetero) is 1. The van der Waals surface area contributed by atoms with E-state index in [4.69, 9.17) is 4.74 Å². The summed E-state index contributed by atoms with van der Waals surface area (Å²) < 4.78 is 18.5. The van der Waals surface area contributed by atoms with E-state index in [0.29, 0.717) is 9.13 Å². The molecule has 0 amide bonds. The lowest BCUT2D eigenvalue weighted by atomic mass is 10.1. The summed E-state index contributed by atoms with van der Waals surface area (Å²) in [4.78, 5) is 11.3. The van der Waals surface area contributed by atoms with Crippen molar-refractivity contribution in [3.8, 4) is 5.75 Å². The molecule has 14 heavy (non-hydrogen) atoms. The number of benzene rings is 1. The average Bonchev–Trinajstić information content (AvgIpc) is 2.20. The zero-order valence-electron chi connectivity index (χ0n) is 7.31. The van der Waals surface area contributed by atoms with E-state index in [9.17, 15) is 9.18 Å². The van der Waals surface area contributed by atoms with Gasteiger partial charge in [0, 0.05) is 5.56 Å². The maximum absolute atomic E-state index is 13.3. The second kappa shape index (κ2) is 5.06. The summed E-state index contributed by atoms with van der Waals surface area (Å²) in [5.41, 5.74) is 0.449. The fraction of sp³-hybridized carbons (Fsp3) is 0.222. The van der Waals surface area contributed by atoms with E-state index in [1.165, 1.54) is 19.2 Å². The Kier molecular flexibility index (Phi) is 4.31. The van der Waals surface area contributed by atoms with E-state index in [0.717, 1.165) is 0 Å². The van der Waals surface area contributed by atoms with Crippen molar-refractivity contribution < 1.29 is 13.9 Å². The van der Waals surface area contributed by atoms with E-state index in [1.54, 1.807) is 0 Å². The Bertz CT molecular complexity index is 368. The first-order valence-electron chi connectivity index (χ1n) is 3.72. The number of carbonyl (C=O) groups is 1. The molecule has 0 bridgehead atoms.